The number of amides is 1. The third-order valence-corrected chi connectivity index (χ3v) is 3.55. The Balaban J connectivity index is 2.24. The van der Waals surface area contributed by atoms with Crippen molar-refractivity contribution in [3.63, 3.8) is 0 Å². The summed E-state index contributed by atoms with van der Waals surface area (Å²) in [6.07, 6.45) is 0. The first kappa shape index (κ1) is 15.4. The van der Waals surface area contributed by atoms with E-state index in [0.717, 1.165) is 15.8 Å². The molecule has 0 aliphatic carbocycles. The van der Waals surface area contributed by atoms with Crippen LogP contribution in [0.2, 0.25) is 0 Å². The van der Waals surface area contributed by atoms with Crippen LogP contribution in [-0.2, 0) is 0 Å². The van der Waals surface area contributed by atoms with Gasteiger partial charge in [-0.1, -0.05) is 15.9 Å². The average molecular weight is 350 g/mol. The van der Waals surface area contributed by atoms with Crippen LogP contribution in [0.4, 0.5) is 5.69 Å². The molecular weight excluding hydrogens is 334 g/mol. The summed E-state index contributed by atoms with van der Waals surface area (Å²) in [5, 5.41) is 2.85. The smallest absolute Gasteiger partial charge is 0.259 e. The summed E-state index contributed by atoms with van der Waals surface area (Å²) < 4.78 is 11.3. The van der Waals surface area contributed by atoms with E-state index in [1.807, 2.05) is 19.1 Å². The van der Waals surface area contributed by atoms with Gasteiger partial charge in [0.25, 0.3) is 5.91 Å². The van der Waals surface area contributed by atoms with Crippen molar-refractivity contribution < 1.29 is 14.3 Å². The molecule has 0 spiro atoms. The Morgan fingerprint density at radius 2 is 1.76 bits per heavy atom. The first-order chi connectivity index (χ1) is 10.0. The van der Waals surface area contributed by atoms with E-state index in [9.17, 15) is 4.79 Å². The fraction of sp³-hybridized carbons (Fsp3) is 0.188. The number of ether oxygens (including phenoxy) is 2. The Morgan fingerprint density at radius 1 is 1.05 bits per heavy atom. The normalized spacial score (nSPS) is 10.1. The molecule has 0 heterocycles. The summed E-state index contributed by atoms with van der Waals surface area (Å²) in [6.45, 7) is 1.93. The molecule has 0 unspecified atom stereocenters. The van der Waals surface area contributed by atoms with Crippen molar-refractivity contribution in [1.82, 2.24) is 0 Å². The molecule has 110 valence electrons. The molecule has 4 nitrogen and oxygen atoms in total. The molecule has 1 amide bonds. The zero-order chi connectivity index (χ0) is 15.4. The van der Waals surface area contributed by atoms with Crippen LogP contribution >= 0.6 is 15.9 Å². The van der Waals surface area contributed by atoms with Crippen molar-refractivity contribution in [2.24, 2.45) is 0 Å². The van der Waals surface area contributed by atoms with E-state index in [1.54, 1.807) is 31.4 Å². The highest BCUT2D eigenvalue weighted by molar-refractivity contribution is 9.10. The Kier molecular flexibility index (Phi) is 4.85. The van der Waals surface area contributed by atoms with Crippen molar-refractivity contribution in [3.05, 3.63) is 52.0 Å². The Labute approximate surface area is 132 Å². The zero-order valence-corrected chi connectivity index (χ0v) is 13.7. The Hall–Kier alpha value is -2.01. The largest absolute Gasteiger partial charge is 0.496 e. The van der Waals surface area contributed by atoms with E-state index in [2.05, 4.69) is 21.2 Å². The number of aryl methyl sites for hydroxylation is 1. The number of anilines is 1. The van der Waals surface area contributed by atoms with Gasteiger partial charge >= 0.3 is 0 Å². The van der Waals surface area contributed by atoms with Gasteiger partial charge in [-0.25, -0.2) is 0 Å². The van der Waals surface area contributed by atoms with Crippen LogP contribution in [0.15, 0.2) is 40.9 Å². The van der Waals surface area contributed by atoms with Crippen molar-refractivity contribution in [3.8, 4) is 11.5 Å². The zero-order valence-electron chi connectivity index (χ0n) is 12.1. The molecule has 0 radical (unpaired) electrons. The second kappa shape index (κ2) is 6.63. The van der Waals surface area contributed by atoms with Gasteiger partial charge in [0.05, 0.1) is 19.8 Å². The molecule has 2 aromatic rings. The maximum atomic E-state index is 12.3. The van der Waals surface area contributed by atoms with E-state index in [1.165, 1.54) is 7.11 Å². The fourth-order valence-corrected chi connectivity index (χ4v) is 2.35. The molecule has 0 saturated heterocycles. The number of carbonyl (C=O) groups is 1. The third kappa shape index (κ3) is 3.55. The Morgan fingerprint density at radius 3 is 2.38 bits per heavy atom. The van der Waals surface area contributed by atoms with E-state index in [0.29, 0.717) is 17.0 Å². The summed E-state index contributed by atoms with van der Waals surface area (Å²) in [4.78, 5) is 12.3. The van der Waals surface area contributed by atoms with E-state index in [-0.39, 0.29) is 5.91 Å². The number of halogens is 1. The van der Waals surface area contributed by atoms with E-state index < -0.39 is 0 Å². The van der Waals surface area contributed by atoms with Gasteiger partial charge in [-0.3, -0.25) is 4.79 Å². The number of methoxy groups -OCH3 is 2. The van der Waals surface area contributed by atoms with Gasteiger partial charge in [0.1, 0.15) is 11.5 Å². The molecule has 0 aliphatic heterocycles. The molecule has 0 fully saturated rings. The minimum atomic E-state index is -0.219. The SMILES string of the molecule is COc1ccc(NC(=O)c2ccc(Br)cc2OC)cc1C. The fourth-order valence-electron chi connectivity index (χ4n) is 2.01. The van der Waals surface area contributed by atoms with E-state index in [4.69, 9.17) is 9.47 Å². The van der Waals surface area contributed by atoms with E-state index >= 15 is 0 Å². The second-order valence-corrected chi connectivity index (χ2v) is 5.40. The highest BCUT2D eigenvalue weighted by Crippen LogP contribution is 2.26. The molecule has 21 heavy (non-hydrogen) atoms. The molecule has 1 N–H and O–H groups in total. The van der Waals surface area contributed by atoms with Crippen molar-refractivity contribution in [2.75, 3.05) is 19.5 Å². The lowest BCUT2D eigenvalue weighted by Crippen LogP contribution is -2.13. The van der Waals surface area contributed by atoms with Crippen LogP contribution in [0, 0.1) is 6.92 Å². The predicted molar refractivity (Wildman–Crippen MR) is 86.4 cm³/mol. The number of carbonyl (C=O) groups excluding carboxylic acids is 1. The highest BCUT2D eigenvalue weighted by atomic mass is 79.9. The van der Waals surface area contributed by atoms with Crippen LogP contribution in [0.3, 0.4) is 0 Å². The lowest BCUT2D eigenvalue weighted by atomic mass is 10.1. The molecule has 5 heteroatoms. The first-order valence-corrected chi connectivity index (χ1v) is 7.14. The highest BCUT2D eigenvalue weighted by Gasteiger charge is 2.13. The summed E-state index contributed by atoms with van der Waals surface area (Å²) in [7, 11) is 3.16. The van der Waals surface area contributed by atoms with Crippen molar-refractivity contribution >= 4 is 27.5 Å². The lowest BCUT2D eigenvalue weighted by Gasteiger charge is -2.11. The monoisotopic (exact) mass is 349 g/mol. The number of rotatable bonds is 4. The predicted octanol–water partition coefficient (Wildman–Crippen LogP) is 4.03. The van der Waals surface area contributed by atoms with Crippen LogP contribution in [-0.4, -0.2) is 20.1 Å². The molecule has 0 atom stereocenters. The van der Waals surface area contributed by atoms with Crippen molar-refractivity contribution in [1.29, 1.82) is 0 Å². The maximum absolute atomic E-state index is 12.3. The second-order valence-electron chi connectivity index (χ2n) is 4.48. The van der Waals surface area contributed by atoms with Gasteiger partial charge in [0.2, 0.25) is 0 Å². The molecule has 0 bridgehead atoms. The Bertz CT molecular complexity index is 671. The van der Waals surface area contributed by atoms with Crippen molar-refractivity contribution in [2.45, 2.75) is 6.92 Å². The van der Waals surface area contributed by atoms with Crippen LogP contribution in [0.25, 0.3) is 0 Å². The molecule has 2 rings (SSSR count). The van der Waals surface area contributed by atoms with Gasteiger partial charge in [-0.15, -0.1) is 0 Å². The summed E-state index contributed by atoms with van der Waals surface area (Å²) in [6, 6.07) is 10.8. The average Bonchev–Trinajstić information content (AvgIpc) is 2.47. The lowest BCUT2D eigenvalue weighted by molar-refractivity contribution is 0.102. The number of hydrogen-bond donors (Lipinski definition) is 1. The maximum Gasteiger partial charge on any atom is 0.259 e. The van der Waals surface area contributed by atoms with Crippen LogP contribution in [0.1, 0.15) is 15.9 Å². The summed E-state index contributed by atoms with van der Waals surface area (Å²) >= 11 is 3.35. The topological polar surface area (TPSA) is 47.6 Å². The summed E-state index contributed by atoms with van der Waals surface area (Å²) in [5.41, 5.74) is 2.15. The van der Waals surface area contributed by atoms with Gasteiger partial charge in [-0.2, -0.15) is 0 Å². The van der Waals surface area contributed by atoms with Gasteiger partial charge < -0.3 is 14.8 Å². The van der Waals surface area contributed by atoms with Crippen LogP contribution < -0.4 is 14.8 Å². The van der Waals surface area contributed by atoms with Gasteiger partial charge in [-0.05, 0) is 48.9 Å². The standard InChI is InChI=1S/C16H16BrNO3/c1-10-8-12(5-7-14(10)20-2)18-16(19)13-6-4-11(17)9-15(13)21-3/h4-9H,1-3H3,(H,18,19). The van der Waals surface area contributed by atoms with Crippen LogP contribution in [0.5, 0.6) is 11.5 Å². The molecule has 0 saturated carbocycles. The molecule has 0 aromatic heterocycles. The van der Waals surface area contributed by atoms with Gasteiger partial charge in [0, 0.05) is 10.2 Å². The number of nitrogens with one attached hydrogen (secondary N) is 1. The first-order valence-electron chi connectivity index (χ1n) is 6.34. The number of benzene rings is 2. The summed E-state index contributed by atoms with van der Waals surface area (Å²) in [5.74, 6) is 1.09. The minimum absolute atomic E-state index is 0.219. The third-order valence-electron chi connectivity index (χ3n) is 3.06. The molecule has 0 aliphatic rings. The minimum Gasteiger partial charge on any atom is -0.496 e. The molecular formula is C16H16BrNO3. The number of hydrogen-bond acceptors (Lipinski definition) is 3. The quantitative estimate of drug-likeness (QED) is 0.906. The van der Waals surface area contributed by atoms with Gasteiger partial charge in [0.15, 0.2) is 0 Å². The molecule has 2 aromatic carbocycles.